The fourth-order valence-electron chi connectivity index (χ4n) is 1.48. The highest BCUT2D eigenvalue weighted by Crippen LogP contribution is 2.42. The summed E-state index contributed by atoms with van der Waals surface area (Å²) in [5.41, 5.74) is 1.04. The van der Waals surface area contributed by atoms with Crippen LogP contribution in [0, 0.1) is 17.9 Å². The van der Waals surface area contributed by atoms with Crippen LogP contribution in [0.5, 0.6) is 0 Å². The Balaban J connectivity index is 2.70. The molecule has 0 aliphatic heterocycles. The monoisotopic (exact) mass is 234 g/mol. The van der Waals surface area contributed by atoms with Gasteiger partial charge in [-0.05, 0) is 11.6 Å². The molecule has 1 aromatic rings. The molecule has 0 N–H and O–H groups in total. The normalized spacial score (nSPS) is 16.9. The number of halogens is 1. The van der Waals surface area contributed by atoms with Gasteiger partial charge in [0.15, 0.2) is 5.78 Å². The van der Waals surface area contributed by atoms with Crippen LogP contribution >= 0.6 is 22.9 Å². The molecule has 0 unspecified atom stereocenters. The van der Waals surface area contributed by atoms with Crippen molar-refractivity contribution in [1.29, 1.82) is 5.26 Å². The zero-order chi connectivity index (χ0) is 11.0. The van der Waals surface area contributed by atoms with E-state index in [0.717, 1.165) is 0 Å². The van der Waals surface area contributed by atoms with Crippen molar-refractivity contribution in [3.05, 3.63) is 38.0 Å². The van der Waals surface area contributed by atoms with E-state index < -0.39 is 0 Å². The fourth-order valence-corrected chi connectivity index (χ4v) is 2.77. The molecule has 0 saturated heterocycles. The molecule has 5 heteroatoms. The lowest BCUT2D eigenvalue weighted by molar-refractivity contribution is 0.100. The van der Waals surface area contributed by atoms with Crippen LogP contribution in [-0.2, 0) is 0 Å². The molecule has 0 saturated carbocycles. The third-order valence-electron chi connectivity index (χ3n) is 2.12. The lowest BCUT2D eigenvalue weighted by Crippen LogP contribution is -1.87. The average molecular weight is 235 g/mol. The van der Waals surface area contributed by atoms with Crippen LogP contribution in [0.2, 0.25) is 4.34 Å². The highest BCUT2D eigenvalue weighted by atomic mass is 35.5. The number of fused-ring (bicyclic) bond motifs is 1. The molecule has 2 rings (SSSR count). The van der Waals surface area contributed by atoms with Crippen LogP contribution in [0.25, 0.3) is 10.4 Å². The third kappa shape index (κ3) is 1.45. The quantitative estimate of drug-likeness (QED) is 0.511. The van der Waals surface area contributed by atoms with Gasteiger partial charge in [0.25, 0.3) is 5.70 Å². The van der Waals surface area contributed by atoms with E-state index in [2.05, 4.69) is 4.85 Å². The van der Waals surface area contributed by atoms with Gasteiger partial charge in [-0.2, -0.15) is 0 Å². The van der Waals surface area contributed by atoms with Crippen LogP contribution in [0.15, 0.2) is 11.8 Å². The molecular formula is C10H3ClN2OS. The maximum atomic E-state index is 11.5. The standard InChI is InChI=1S/C10H3ClN2OS/c1-13-7(4-12)5-2-8(14)6-3-9(11)15-10(5)6/h3H,2H2/b7-5-. The Labute approximate surface area is 95.0 Å². The first-order valence-corrected chi connectivity index (χ1v) is 5.20. The molecule has 15 heavy (non-hydrogen) atoms. The molecule has 0 fully saturated rings. The molecule has 1 heterocycles. The highest BCUT2D eigenvalue weighted by Gasteiger charge is 2.29. The predicted octanol–water partition coefficient (Wildman–Crippen LogP) is 3.14. The van der Waals surface area contributed by atoms with Gasteiger partial charge >= 0.3 is 0 Å². The molecule has 0 amide bonds. The summed E-state index contributed by atoms with van der Waals surface area (Å²) in [4.78, 5) is 15.3. The minimum atomic E-state index is -0.0699. The number of carbonyl (C=O) groups is 1. The Hall–Kier alpha value is -1.62. The number of rotatable bonds is 0. The van der Waals surface area contributed by atoms with Crippen LogP contribution in [0.4, 0.5) is 0 Å². The third-order valence-corrected chi connectivity index (χ3v) is 3.44. The number of nitrogens with zero attached hydrogens (tertiary/aromatic N) is 2. The van der Waals surface area contributed by atoms with Crippen molar-refractivity contribution in [2.45, 2.75) is 6.42 Å². The van der Waals surface area contributed by atoms with Gasteiger partial charge in [-0.25, -0.2) is 10.1 Å². The Kier molecular flexibility index (Phi) is 2.32. The van der Waals surface area contributed by atoms with Crippen molar-refractivity contribution in [2.24, 2.45) is 0 Å². The number of allylic oxidation sites excluding steroid dienone is 2. The largest absolute Gasteiger partial charge is 0.294 e. The predicted molar refractivity (Wildman–Crippen MR) is 57.4 cm³/mol. The number of carbonyl (C=O) groups excluding carboxylic acids is 1. The zero-order valence-corrected chi connectivity index (χ0v) is 8.95. The molecule has 1 aliphatic carbocycles. The lowest BCUT2D eigenvalue weighted by atomic mass is 10.2. The van der Waals surface area contributed by atoms with E-state index in [0.29, 0.717) is 20.4 Å². The number of hydrogen-bond acceptors (Lipinski definition) is 3. The van der Waals surface area contributed by atoms with Gasteiger partial charge in [-0.3, -0.25) is 4.79 Å². The Morgan fingerprint density at radius 1 is 1.73 bits per heavy atom. The summed E-state index contributed by atoms with van der Waals surface area (Å²) in [6, 6.07) is 3.39. The van der Waals surface area contributed by atoms with Crippen molar-refractivity contribution in [1.82, 2.24) is 0 Å². The molecule has 72 valence electrons. The molecule has 0 spiro atoms. The molecule has 3 nitrogen and oxygen atoms in total. The number of thiophene rings is 1. The Bertz CT molecular complexity index is 555. The van der Waals surface area contributed by atoms with E-state index in [1.165, 1.54) is 11.3 Å². The van der Waals surface area contributed by atoms with Crippen LogP contribution < -0.4 is 0 Å². The average Bonchev–Trinajstić information content (AvgIpc) is 2.70. The van der Waals surface area contributed by atoms with Crippen molar-refractivity contribution < 1.29 is 4.79 Å². The molecular weight excluding hydrogens is 232 g/mol. The molecule has 1 aliphatic rings. The minimum Gasteiger partial charge on any atom is -0.294 e. The van der Waals surface area contributed by atoms with E-state index in [1.807, 2.05) is 0 Å². The van der Waals surface area contributed by atoms with E-state index in [9.17, 15) is 4.79 Å². The summed E-state index contributed by atoms with van der Waals surface area (Å²) in [6.07, 6.45) is 0.142. The second kappa shape index (κ2) is 3.51. The Morgan fingerprint density at radius 2 is 2.47 bits per heavy atom. The minimum absolute atomic E-state index is 0.0133. The van der Waals surface area contributed by atoms with Crippen LogP contribution in [-0.4, -0.2) is 5.78 Å². The van der Waals surface area contributed by atoms with Crippen molar-refractivity contribution in [3.63, 3.8) is 0 Å². The zero-order valence-electron chi connectivity index (χ0n) is 7.37. The molecule has 0 aromatic carbocycles. The highest BCUT2D eigenvalue weighted by molar-refractivity contribution is 7.17. The lowest BCUT2D eigenvalue weighted by Gasteiger charge is -1.93. The SMILES string of the molecule is [C-]#[N+]/C(C#N)=C1/CC(=O)c2cc(Cl)sc21. The van der Waals surface area contributed by atoms with Gasteiger partial charge in [0.05, 0.1) is 17.0 Å². The maximum absolute atomic E-state index is 11.5. The van der Waals surface area contributed by atoms with Gasteiger partial charge in [-0.1, -0.05) is 11.6 Å². The van der Waals surface area contributed by atoms with Gasteiger partial charge in [0.1, 0.15) is 0 Å². The van der Waals surface area contributed by atoms with Gasteiger partial charge < -0.3 is 0 Å². The second-order valence-electron chi connectivity index (χ2n) is 2.94. The topological polar surface area (TPSA) is 45.2 Å². The van der Waals surface area contributed by atoms with E-state index in [-0.39, 0.29) is 17.9 Å². The summed E-state index contributed by atoms with van der Waals surface area (Å²) < 4.78 is 0.507. The molecule has 0 radical (unpaired) electrons. The van der Waals surface area contributed by atoms with Crippen LogP contribution in [0.3, 0.4) is 0 Å². The first-order valence-electron chi connectivity index (χ1n) is 4.01. The van der Waals surface area contributed by atoms with E-state index in [1.54, 1.807) is 12.1 Å². The summed E-state index contributed by atoms with van der Waals surface area (Å²) >= 11 is 7.02. The summed E-state index contributed by atoms with van der Waals surface area (Å²) in [5.74, 6) is -0.0699. The smallest absolute Gasteiger partial charge is 0.266 e. The number of ketones is 1. The van der Waals surface area contributed by atoms with Gasteiger partial charge in [0, 0.05) is 16.9 Å². The first-order chi connectivity index (χ1) is 7.17. The first kappa shape index (κ1) is 9.92. The summed E-state index contributed by atoms with van der Waals surface area (Å²) in [6.45, 7) is 6.84. The van der Waals surface area contributed by atoms with Crippen molar-refractivity contribution >= 4 is 34.3 Å². The Morgan fingerprint density at radius 3 is 3.07 bits per heavy atom. The van der Waals surface area contributed by atoms with E-state index >= 15 is 0 Å². The summed E-state index contributed by atoms with van der Waals surface area (Å²) in [5, 5.41) is 8.74. The molecule has 0 atom stereocenters. The molecule has 1 aromatic heterocycles. The van der Waals surface area contributed by atoms with Crippen LogP contribution in [0.1, 0.15) is 21.7 Å². The summed E-state index contributed by atoms with van der Waals surface area (Å²) in [7, 11) is 0. The van der Waals surface area contributed by atoms with Crippen molar-refractivity contribution in [3.8, 4) is 6.07 Å². The van der Waals surface area contributed by atoms with E-state index in [4.69, 9.17) is 23.4 Å². The fraction of sp³-hybridized carbons (Fsp3) is 0.100. The van der Waals surface area contributed by atoms with Gasteiger partial charge in [-0.15, -0.1) is 11.3 Å². The number of nitriles is 1. The van der Waals surface area contributed by atoms with Gasteiger partial charge in [0.2, 0.25) is 0 Å². The number of hydrogen-bond donors (Lipinski definition) is 0. The number of Topliss-reactive ketones (excluding diaryl/α,β-unsaturated/α-hetero) is 1. The maximum Gasteiger partial charge on any atom is 0.266 e. The second-order valence-corrected chi connectivity index (χ2v) is 4.63. The molecule has 0 bridgehead atoms. The van der Waals surface area contributed by atoms with Crippen molar-refractivity contribution in [2.75, 3.05) is 0 Å².